The van der Waals surface area contributed by atoms with E-state index >= 15 is 0 Å². The minimum absolute atomic E-state index is 0.159. The number of anilines is 2. The van der Waals surface area contributed by atoms with Gasteiger partial charge in [-0.25, -0.2) is 0 Å². The normalized spacial score (nSPS) is 11.8. The average molecular weight is 308 g/mol. The highest BCUT2D eigenvalue weighted by atomic mass is 16.4. The van der Waals surface area contributed by atoms with Crippen molar-refractivity contribution in [2.24, 2.45) is 5.92 Å². The van der Waals surface area contributed by atoms with E-state index in [2.05, 4.69) is 18.7 Å². The summed E-state index contributed by atoms with van der Waals surface area (Å²) in [5.74, 6) is -2.55. The molecule has 0 radical (unpaired) electrons. The van der Waals surface area contributed by atoms with Crippen LogP contribution in [0.5, 0.6) is 0 Å². The van der Waals surface area contributed by atoms with Crippen molar-refractivity contribution < 1.29 is 19.8 Å². The summed E-state index contributed by atoms with van der Waals surface area (Å²) in [7, 11) is 0. The number of rotatable bonds is 9. The van der Waals surface area contributed by atoms with Gasteiger partial charge in [-0.15, -0.1) is 0 Å². The van der Waals surface area contributed by atoms with Crippen LogP contribution in [0.15, 0.2) is 24.3 Å². The van der Waals surface area contributed by atoms with Crippen LogP contribution in [0.3, 0.4) is 0 Å². The molecule has 122 valence electrons. The first-order chi connectivity index (χ1) is 10.4. The maximum atomic E-state index is 11.0. The van der Waals surface area contributed by atoms with E-state index in [0.29, 0.717) is 5.69 Å². The molecule has 1 rings (SSSR count). The highest BCUT2D eigenvalue weighted by molar-refractivity contribution is 5.75. The zero-order valence-corrected chi connectivity index (χ0v) is 13.3. The van der Waals surface area contributed by atoms with Crippen molar-refractivity contribution in [1.29, 1.82) is 0 Å². The van der Waals surface area contributed by atoms with Gasteiger partial charge in [0.2, 0.25) is 0 Å². The molecule has 0 aliphatic heterocycles. The van der Waals surface area contributed by atoms with E-state index in [0.717, 1.165) is 18.8 Å². The van der Waals surface area contributed by atoms with Crippen molar-refractivity contribution in [3.63, 3.8) is 0 Å². The molecule has 0 aromatic heterocycles. The van der Waals surface area contributed by atoms with Crippen LogP contribution >= 0.6 is 0 Å². The largest absolute Gasteiger partial charge is 0.481 e. The van der Waals surface area contributed by atoms with E-state index < -0.39 is 17.9 Å². The van der Waals surface area contributed by atoms with Gasteiger partial charge in [-0.2, -0.15) is 0 Å². The van der Waals surface area contributed by atoms with Gasteiger partial charge >= 0.3 is 11.9 Å². The molecule has 0 bridgehead atoms. The number of aliphatic carboxylic acids is 2. The number of hydrogen-bond acceptors (Lipinski definition) is 4. The Balaban J connectivity index is 2.94. The van der Waals surface area contributed by atoms with Crippen molar-refractivity contribution in [3.05, 3.63) is 24.3 Å². The number of carbonyl (C=O) groups is 2. The lowest BCUT2D eigenvalue weighted by atomic mass is 10.1. The van der Waals surface area contributed by atoms with Crippen LogP contribution in [0.2, 0.25) is 0 Å². The second kappa shape index (κ2) is 8.26. The molecule has 0 amide bonds. The van der Waals surface area contributed by atoms with Crippen LogP contribution in [-0.4, -0.2) is 48.3 Å². The Morgan fingerprint density at radius 3 is 1.82 bits per heavy atom. The highest BCUT2D eigenvalue weighted by Crippen LogP contribution is 2.21. The summed E-state index contributed by atoms with van der Waals surface area (Å²) in [5, 5.41) is 18.0. The van der Waals surface area contributed by atoms with E-state index in [1.54, 1.807) is 11.8 Å². The molecule has 0 saturated heterocycles. The van der Waals surface area contributed by atoms with Crippen LogP contribution in [0.1, 0.15) is 20.8 Å². The topological polar surface area (TPSA) is 81.1 Å². The Kier molecular flexibility index (Phi) is 6.69. The van der Waals surface area contributed by atoms with Crippen molar-refractivity contribution in [1.82, 2.24) is 0 Å². The molecule has 6 nitrogen and oxygen atoms in total. The smallest absolute Gasteiger partial charge is 0.323 e. The summed E-state index contributed by atoms with van der Waals surface area (Å²) >= 11 is 0. The fourth-order valence-corrected chi connectivity index (χ4v) is 2.30. The third kappa shape index (κ3) is 4.95. The molecular formula is C16H24N2O4. The van der Waals surface area contributed by atoms with Gasteiger partial charge in [0.05, 0.1) is 5.92 Å². The molecule has 0 aliphatic rings. The van der Waals surface area contributed by atoms with Gasteiger partial charge in [-0.1, -0.05) is 6.92 Å². The molecule has 2 N–H and O–H groups in total. The van der Waals surface area contributed by atoms with Gasteiger partial charge in [0, 0.05) is 31.0 Å². The Bertz CT molecular complexity index is 497. The molecule has 1 aromatic carbocycles. The lowest BCUT2D eigenvalue weighted by Gasteiger charge is -2.26. The maximum Gasteiger partial charge on any atom is 0.323 e. The van der Waals surface area contributed by atoms with Crippen LogP contribution in [0.4, 0.5) is 11.4 Å². The maximum absolute atomic E-state index is 11.0. The van der Waals surface area contributed by atoms with Crippen molar-refractivity contribution >= 4 is 23.3 Å². The fraction of sp³-hybridized carbons (Fsp3) is 0.500. The van der Waals surface area contributed by atoms with Gasteiger partial charge in [0.1, 0.15) is 6.54 Å². The van der Waals surface area contributed by atoms with Crippen molar-refractivity contribution in [2.75, 3.05) is 36.0 Å². The summed E-state index contributed by atoms with van der Waals surface area (Å²) in [4.78, 5) is 25.8. The summed E-state index contributed by atoms with van der Waals surface area (Å²) in [5.41, 5.74) is 1.78. The monoisotopic (exact) mass is 308 g/mol. The van der Waals surface area contributed by atoms with Gasteiger partial charge in [-0.3, -0.25) is 9.59 Å². The minimum Gasteiger partial charge on any atom is -0.481 e. The van der Waals surface area contributed by atoms with Crippen LogP contribution in [-0.2, 0) is 9.59 Å². The number of nitrogens with zero attached hydrogens (tertiary/aromatic N) is 2. The second-order valence-electron chi connectivity index (χ2n) is 5.20. The lowest BCUT2D eigenvalue weighted by Crippen LogP contribution is -2.35. The first-order valence-corrected chi connectivity index (χ1v) is 7.43. The first-order valence-electron chi connectivity index (χ1n) is 7.43. The summed E-state index contributed by atoms with van der Waals surface area (Å²) in [6, 6.07) is 7.54. The van der Waals surface area contributed by atoms with Crippen LogP contribution in [0.25, 0.3) is 0 Å². The number of hydrogen-bond donors (Lipinski definition) is 2. The molecule has 1 unspecified atom stereocenters. The molecular weight excluding hydrogens is 284 g/mol. The van der Waals surface area contributed by atoms with E-state index in [9.17, 15) is 9.59 Å². The molecule has 0 saturated carbocycles. The Morgan fingerprint density at radius 2 is 1.45 bits per heavy atom. The quantitative estimate of drug-likeness (QED) is 0.727. The fourth-order valence-electron chi connectivity index (χ4n) is 2.30. The standard InChI is InChI=1S/C16H24N2O4/c1-4-17(5-2)13-6-8-14(9-7-13)18(11-15(19)20)10-12(3)16(21)22/h6-9,12H,4-5,10-11H2,1-3H3,(H,19,20)(H,21,22). The minimum atomic E-state index is -0.981. The van der Waals surface area contributed by atoms with Crippen LogP contribution < -0.4 is 9.80 Å². The van der Waals surface area contributed by atoms with E-state index in [4.69, 9.17) is 10.2 Å². The van der Waals surface area contributed by atoms with Gasteiger partial charge in [0.15, 0.2) is 0 Å². The molecule has 1 atom stereocenters. The zero-order valence-electron chi connectivity index (χ0n) is 13.3. The van der Waals surface area contributed by atoms with Gasteiger partial charge in [0.25, 0.3) is 0 Å². The second-order valence-corrected chi connectivity index (χ2v) is 5.20. The van der Waals surface area contributed by atoms with Crippen LogP contribution in [0, 0.1) is 5.92 Å². The van der Waals surface area contributed by atoms with E-state index in [1.807, 2.05) is 24.3 Å². The highest BCUT2D eigenvalue weighted by Gasteiger charge is 2.18. The summed E-state index contributed by atoms with van der Waals surface area (Å²) < 4.78 is 0. The Labute approximate surface area is 131 Å². The van der Waals surface area contributed by atoms with Crippen molar-refractivity contribution in [2.45, 2.75) is 20.8 Å². The van der Waals surface area contributed by atoms with Gasteiger partial charge < -0.3 is 20.0 Å². The zero-order chi connectivity index (χ0) is 16.7. The molecule has 6 heteroatoms. The van der Waals surface area contributed by atoms with Gasteiger partial charge in [-0.05, 0) is 38.1 Å². The van der Waals surface area contributed by atoms with E-state index in [-0.39, 0.29) is 13.1 Å². The lowest BCUT2D eigenvalue weighted by molar-refractivity contribution is -0.141. The average Bonchev–Trinajstić information content (AvgIpc) is 2.48. The third-order valence-corrected chi connectivity index (χ3v) is 3.59. The predicted molar refractivity (Wildman–Crippen MR) is 86.7 cm³/mol. The predicted octanol–water partition coefficient (Wildman–Crippen LogP) is 2.14. The summed E-state index contributed by atoms with van der Waals surface area (Å²) in [6.07, 6.45) is 0. The Hall–Kier alpha value is -2.24. The first kappa shape index (κ1) is 17.8. The molecule has 0 aliphatic carbocycles. The molecule has 0 spiro atoms. The molecule has 22 heavy (non-hydrogen) atoms. The Morgan fingerprint density at radius 1 is 1.00 bits per heavy atom. The van der Waals surface area contributed by atoms with Crippen molar-refractivity contribution in [3.8, 4) is 0 Å². The third-order valence-electron chi connectivity index (χ3n) is 3.59. The summed E-state index contributed by atoms with van der Waals surface area (Å²) in [6.45, 7) is 7.44. The van der Waals surface area contributed by atoms with E-state index in [1.165, 1.54) is 0 Å². The molecule has 1 aromatic rings. The number of benzene rings is 1. The number of carboxylic acid groups (broad SMARTS) is 2. The molecule has 0 fully saturated rings. The SMILES string of the molecule is CCN(CC)c1ccc(N(CC(=O)O)CC(C)C(=O)O)cc1. The molecule has 0 heterocycles. The number of carboxylic acids is 2.